The van der Waals surface area contributed by atoms with Crippen molar-refractivity contribution in [3.63, 3.8) is 0 Å². The summed E-state index contributed by atoms with van der Waals surface area (Å²) in [5.74, 6) is -0.0700. The number of nitrogens with zero attached hydrogens (tertiary/aromatic N) is 1. The van der Waals surface area contributed by atoms with Crippen molar-refractivity contribution in [3.05, 3.63) is 0 Å². The van der Waals surface area contributed by atoms with E-state index in [1.54, 1.807) is 25.9 Å². The molecular weight excluding hydrogens is 244 g/mol. The highest BCUT2D eigenvalue weighted by Crippen LogP contribution is 2.24. The molecule has 0 radical (unpaired) electrons. The number of carbonyl (C=O) groups is 2. The fraction of sp³-hybridized carbons (Fsp3) is 0.857. The zero-order valence-corrected chi connectivity index (χ0v) is 12.7. The summed E-state index contributed by atoms with van der Waals surface area (Å²) in [5, 5.41) is 2.77. The van der Waals surface area contributed by atoms with E-state index in [4.69, 9.17) is 4.74 Å². The van der Waals surface area contributed by atoms with Gasteiger partial charge in [-0.05, 0) is 25.7 Å². The lowest BCUT2D eigenvalue weighted by atomic mass is 9.88. The molecule has 0 atom stereocenters. The fourth-order valence-corrected chi connectivity index (χ4v) is 2.32. The van der Waals surface area contributed by atoms with Gasteiger partial charge in [0.05, 0.1) is 0 Å². The quantitative estimate of drug-likeness (QED) is 0.816. The maximum atomic E-state index is 12.4. The van der Waals surface area contributed by atoms with Crippen LogP contribution in [0.5, 0.6) is 0 Å². The van der Waals surface area contributed by atoms with E-state index < -0.39 is 5.54 Å². The smallest absolute Gasteiger partial charge is 0.247 e. The van der Waals surface area contributed by atoms with Gasteiger partial charge in [-0.15, -0.1) is 0 Å². The lowest BCUT2D eigenvalue weighted by Crippen LogP contribution is -2.54. The standard InChI is InChI=1S/C14H26N2O3/c1-13(2,7-9-19-5)10-16-8-6-11(17)15-14(3,4)12(16)18/h6-10H2,1-5H3,(H,15,17). The molecule has 1 fully saturated rings. The second kappa shape index (κ2) is 5.90. The molecule has 1 N–H and O–H groups in total. The molecular formula is C14H26N2O3. The third-order valence-electron chi connectivity index (χ3n) is 3.48. The van der Waals surface area contributed by atoms with Crippen LogP contribution in [-0.4, -0.2) is 49.1 Å². The highest BCUT2D eigenvalue weighted by Gasteiger charge is 2.38. The van der Waals surface area contributed by atoms with Gasteiger partial charge < -0.3 is 15.0 Å². The molecule has 1 rings (SSSR count). The minimum absolute atomic E-state index is 0.0103. The van der Waals surface area contributed by atoms with Crippen molar-refractivity contribution >= 4 is 11.8 Å². The Kier molecular flexibility index (Phi) is 4.96. The van der Waals surface area contributed by atoms with Crippen LogP contribution in [0.4, 0.5) is 0 Å². The third kappa shape index (κ3) is 4.49. The van der Waals surface area contributed by atoms with E-state index in [0.717, 1.165) is 6.42 Å². The first kappa shape index (κ1) is 16.0. The van der Waals surface area contributed by atoms with Gasteiger partial charge in [0.25, 0.3) is 0 Å². The normalized spacial score (nSPS) is 20.2. The summed E-state index contributed by atoms with van der Waals surface area (Å²) in [7, 11) is 1.68. The first-order valence-corrected chi connectivity index (χ1v) is 6.77. The average molecular weight is 270 g/mol. The molecule has 1 aliphatic rings. The topological polar surface area (TPSA) is 58.6 Å². The number of rotatable bonds is 5. The number of hydrogen-bond donors (Lipinski definition) is 1. The van der Waals surface area contributed by atoms with Crippen molar-refractivity contribution in [1.82, 2.24) is 10.2 Å². The lowest BCUT2D eigenvalue weighted by Gasteiger charge is -2.35. The summed E-state index contributed by atoms with van der Waals surface area (Å²) < 4.78 is 5.11. The number of carbonyl (C=O) groups excluding carboxylic acids is 2. The molecule has 0 bridgehead atoms. The Morgan fingerprint density at radius 3 is 2.58 bits per heavy atom. The van der Waals surface area contributed by atoms with E-state index >= 15 is 0 Å². The SMILES string of the molecule is COCCC(C)(C)CN1CCC(=O)NC(C)(C)C1=O. The number of nitrogens with one attached hydrogen (secondary N) is 1. The highest BCUT2D eigenvalue weighted by molar-refractivity contribution is 5.92. The van der Waals surface area contributed by atoms with Crippen LogP contribution in [0.15, 0.2) is 0 Å². The van der Waals surface area contributed by atoms with E-state index in [2.05, 4.69) is 19.2 Å². The molecule has 0 aromatic heterocycles. The van der Waals surface area contributed by atoms with E-state index in [-0.39, 0.29) is 17.2 Å². The lowest BCUT2D eigenvalue weighted by molar-refractivity contribution is -0.138. The number of hydrogen-bond acceptors (Lipinski definition) is 3. The van der Waals surface area contributed by atoms with Crippen LogP contribution in [0.3, 0.4) is 0 Å². The largest absolute Gasteiger partial charge is 0.385 e. The molecule has 1 aliphatic heterocycles. The summed E-state index contributed by atoms with van der Waals surface area (Å²) in [4.78, 5) is 25.9. The van der Waals surface area contributed by atoms with Crippen LogP contribution in [0.2, 0.25) is 0 Å². The van der Waals surface area contributed by atoms with Gasteiger partial charge in [0.1, 0.15) is 5.54 Å². The van der Waals surface area contributed by atoms with Gasteiger partial charge in [-0.1, -0.05) is 13.8 Å². The first-order chi connectivity index (χ1) is 8.68. The van der Waals surface area contributed by atoms with Crippen molar-refractivity contribution in [2.75, 3.05) is 26.8 Å². The summed E-state index contributed by atoms with van der Waals surface area (Å²) in [6.07, 6.45) is 1.25. The van der Waals surface area contributed by atoms with Crippen LogP contribution in [-0.2, 0) is 14.3 Å². The molecule has 1 heterocycles. The van der Waals surface area contributed by atoms with Crippen LogP contribution >= 0.6 is 0 Å². The zero-order valence-electron chi connectivity index (χ0n) is 12.7. The molecule has 0 spiro atoms. The minimum atomic E-state index is -0.815. The Morgan fingerprint density at radius 2 is 2.00 bits per heavy atom. The Bertz CT molecular complexity index is 351. The average Bonchev–Trinajstić information content (AvgIpc) is 2.38. The number of ether oxygens (including phenoxy) is 1. The maximum Gasteiger partial charge on any atom is 0.247 e. The molecule has 0 aromatic carbocycles. The molecule has 110 valence electrons. The van der Waals surface area contributed by atoms with Crippen LogP contribution in [0, 0.1) is 5.41 Å². The molecule has 19 heavy (non-hydrogen) atoms. The zero-order chi connectivity index (χ0) is 14.7. The van der Waals surface area contributed by atoms with Crippen molar-refractivity contribution < 1.29 is 14.3 Å². The molecule has 5 heteroatoms. The maximum absolute atomic E-state index is 12.4. The van der Waals surface area contributed by atoms with Crippen LogP contribution < -0.4 is 5.32 Å². The van der Waals surface area contributed by atoms with E-state index in [1.165, 1.54) is 0 Å². The Balaban J connectivity index is 2.76. The summed E-state index contributed by atoms with van der Waals surface area (Å²) >= 11 is 0. The molecule has 0 unspecified atom stereocenters. The predicted molar refractivity (Wildman–Crippen MR) is 73.7 cm³/mol. The van der Waals surface area contributed by atoms with Gasteiger partial charge >= 0.3 is 0 Å². The highest BCUT2D eigenvalue weighted by atomic mass is 16.5. The fourth-order valence-electron chi connectivity index (χ4n) is 2.32. The van der Waals surface area contributed by atoms with Gasteiger partial charge in [0, 0.05) is 33.2 Å². The third-order valence-corrected chi connectivity index (χ3v) is 3.48. The molecule has 1 saturated heterocycles. The Morgan fingerprint density at radius 1 is 1.37 bits per heavy atom. The molecule has 5 nitrogen and oxygen atoms in total. The Labute approximate surface area is 115 Å². The summed E-state index contributed by atoms with van der Waals surface area (Å²) in [6.45, 7) is 9.56. The molecule has 2 amide bonds. The van der Waals surface area contributed by atoms with E-state index in [0.29, 0.717) is 26.1 Å². The summed E-state index contributed by atoms with van der Waals surface area (Å²) in [6, 6.07) is 0. The predicted octanol–water partition coefficient (Wildman–Crippen LogP) is 1.18. The van der Waals surface area contributed by atoms with Gasteiger partial charge in [-0.2, -0.15) is 0 Å². The molecule has 0 aliphatic carbocycles. The van der Waals surface area contributed by atoms with Gasteiger partial charge in [0.2, 0.25) is 11.8 Å². The minimum Gasteiger partial charge on any atom is -0.385 e. The van der Waals surface area contributed by atoms with Crippen molar-refractivity contribution in [1.29, 1.82) is 0 Å². The summed E-state index contributed by atoms with van der Waals surface area (Å²) in [5.41, 5.74) is -0.833. The van der Waals surface area contributed by atoms with Crippen molar-refractivity contribution in [2.24, 2.45) is 5.41 Å². The van der Waals surface area contributed by atoms with Crippen molar-refractivity contribution in [3.8, 4) is 0 Å². The van der Waals surface area contributed by atoms with Crippen molar-refractivity contribution in [2.45, 2.75) is 46.1 Å². The first-order valence-electron chi connectivity index (χ1n) is 6.77. The van der Waals surface area contributed by atoms with Gasteiger partial charge in [-0.25, -0.2) is 0 Å². The number of amides is 2. The second-order valence-electron chi connectivity index (χ2n) is 6.56. The monoisotopic (exact) mass is 270 g/mol. The number of methoxy groups -OCH3 is 1. The van der Waals surface area contributed by atoms with Crippen LogP contribution in [0.25, 0.3) is 0 Å². The van der Waals surface area contributed by atoms with E-state index in [1.807, 2.05) is 0 Å². The molecule has 0 saturated carbocycles. The van der Waals surface area contributed by atoms with Crippen LogP contribution in [0.1, 0.15) is 40.5 Å². The molecule has 0 aromatic rings. The van der Waals surface area contributed by atoms with Gasteiger partial charge in [0.15, 0.2) is 0 Å². The second-order valence-corrected chi connectivity index (χ2v) is 6.56. The Hall–Kier alpha value is -1.10. The van der Waals surface area contributed by atoms with E-state index in [9.17, 15) is 9.59 Å². The van der Waals surface area contributed by atoms with Gasteiger partial charge in [-0.3, -0.25) is 9.59 Å².